The maximum absolute atomic E-state index is 11.9. The van der Waals surface area contributed by atoms with E-state index in [2.05, 4.69) is 15.5 Å². The van der Waals surface area contributed by atoms with Gasteiger partial charge in [-0.2, -0.15) is 4.98 Å². The highest BCUT2D eigenvalue weighted by molar-refractivity contribution is 7.13. The zero-order valence-corrected chi connectivity index (χ0v) is 14.1. The van der Waals surface area contributed by atoms with Crippen LogP contribution in [-0.2, 0) is 17.8 Å². The number of carboxylic acid groups (broad SMARTS) is 1. The van der Waals surface area contributed by atoms with Crippen molar-refractivity contribution in [3.8, 4) is 10.7 Å². The molecule has 3 aromatic rings. The van der Waals surface area contributed by atoms with E-state index in [0.29, 0.717) is 29.7 Å². The van der Waals surface area contributed by atoms with Gasteiger partial charge in [-0.05, 0) is 24.4 Å². The maximum atomic E-state index is 11.9. The van der Waals surface area contributed by atoms with Gasteiger partial charge >= 0.3 is 5.97 Å². The molecule has 0 spiro atoms. The first kappa shape index (κ1) is 16.9. The first-order valence-electron chi connectivity index (χ1n) is 7.48. The maximum Gasteiger partial charge on any atom is 0.339 e. The van der Waals surface area contributed by atoms with Crippen molar-refractivity contribution in [3.63, 3.8) is 0 Å². The van der Waals surface area contributed by atoms with Crippen molar-refractivity contribution in [2.45, 2.75) is 26.3 Å². The van der Waals surface area contributed by atoms with Crippen LogP contribution in [0, 0.1) is 6.92 Å². The van der Waals surface area contributed by atoms with E-state index in [-0.39, 0.29) is 24.4 Å². The van der Waals surface area contributed by atoms with Crippen molar-refractivity contribution in [1.82, 2.24) is 15.5 Å². The summed E-state index contributed by atoms with van der Waals surface area (Å²) in [5.41, 5.74) is 0.0937. The first-order valence-corrected chi connectivity index (χ1v) is 8.36. The first-order chi connectivity index (χ1) is 12.0. The normalized spacial score (nSPS) is 10.8. The second-order valence-electron chi connectivity index (χ2n) is 5.25. The molecule has 8 nitrogen and oxygen atoms in total. The fraction of sp³-hybridized carbons (Fsp3) is 0.250. The van der Waals surface area contributed by atoms with Crippen LogP contribution in [0.15, 0.2) is 32.5 Å². The molecule has 130 valence electrons. The minimum atomic E-state index is -1.06. The van der Waals surface area contributed by atoms with E-state index in [1.54, 1.807) is 6.92 Å². The zero-order chi connectivity index (χ0) is 17.8. The van der Waals surface area contributed by atoms with Gasteiger partial charge in [0.15, 0.2) is 0 Å². The van der Waals surface area contributed by atoms with Crippen LogP contribution in [-0.4, -0.2) is 27.1 Å². The number of thiophene rings is 1. The quantitative estimate of drug-likeness (QED) is 0.664. The fourth-order valence-electron chi connectivity index (χ4n) is 2.20. The molecule has 0 radical (unpaired) electrons. The Hall–Kier alpha value is -2.94. The number of nitrogens with zero attached hydrogens (tertiary/aromatic N) is 2. The lowest BCUT2D eigenvalue weighted by molar-refractivity contribution is -0.121. The lowest BCUT2D eigenvalue weighted by atomic mass is 10.2. The molecule has 0 bridgehead atoms. The third kappa shape index (κ3) is 4.13. The molecule has 0 saturated heterocycles. The average Bonchev–Trinajstić information content (AvgIpc) is 3.30. The van der Waals surface area contributed by atoms with E-state index >= 15 is 0 Å². The minimum Gasteiger partial charge on any atom is -0.478 e. The van der Waals surface area contributed by atoms with Crippen molar-refractivity contribution < 1.29 is 23.6 Å². The number of aromatic nitrogens is 2. The number of hydrogen-bond acceptors (Lipinski definition) is 7. The predicted molar refractivity (Wildman–Crippen MR) is 88.2 cm³/mol. The van der Waals surface area contributed by atoms with Gasteiger partial charge in [-0.3, -0.25) is 4.79 Å². The second-order valence-corrected chi connectivity index (χ2v) is 6.20. The Morgan fingerprint density at radius 3 is 2.92 bits per heavy atom. The van der Waals surface area contributed by atoms with Crippen LogP contribution in [0.1, 0.15) is 34.2 Å². The number of rotatable bonds is 7. The van der Waals surface area contributed by atoms with Crippen molar-refractivity contribution in [2.24, 2.45) is 0 Å². The van der Waals surface area contributed by atoms with Gasteiger partial charge in [0, 0.05) is 12.8 Å². The number of aromatic carboxylic acids is 1. The van der Waals surface area contributed by atoms with Gasteiger partial charge in [0.2, 0.25) is 17.6 Å². The Labute approximate surface area is 146 Å². The summed E-state index contributed by atoms with van der Waals surface area (Å²) < 4.78 is 10.4. The standard InChI is InChI=1S/C16H15N3O5S/c1-9-11(16(21)22)7-10(23-9)8-17-13(20)4-5-14-18-15(19-24-14)12-3-2-6-25-12/h2-3,6-7H,4-5,8H2,1H3,(H,17,20)(H,21,22). The van der Waals surface area contributed by atoms with Crippen molar-refractivity contribution in [3.05, 3.63) is 46.6 Å². The van der Waals surface area contributed by atoms with Crippen LogP contribution in [0.25, 0.3) is 10.7 Å². The number of carbonyl (C=O) groups excluding carboxylic acids is 1. The van der Waals surface area contributed by atoms with Gasteiger partial charge in [-0.25, -0.2) is 4.79 Å². The zero-order valence-electron chi connectivity index (χ0n) is 13.3. The van der Waals surface area contributed by atoms with Crippen molar-refractivity contribution in [1.29, 1.82) is 0 Å². The lowest BCUT2D eigenvalue weighted by Crippen LogP contribution is -2.22. The number of nitrogens with one attached hydrogen (secondary N) is 1. The summed E-state index contributed by atoms with van der Waals surface area (Å²) in [5.74, 6) is 0.321. The Morgan fingerprint density at radius 2 is 2.24 bits per heavy atom. The molecule has 0 aromatic carbocycles. The van der Waals surface area contributed by atoms with Crippen LogP contribution < -0.4 is 5.32 Å². The number of aryl methyl sites for hydroxylation is 2. The molecule has 25 heavy (non-hydrogen) atoms. The molecule has 0 fully saturated rings. The molecule has 2 N–H and O–H groups in total. The molecule has 3 aromatic heterocycles. The highest BCUT2D eigenvalue weighted by Gasteiger charge is 2.15. The van der Waals surface area contributed by atoms with E-state index < -0.39 is 5.97 Å². The minimum absolute atomic E-state index is 0.0937. The van der Waals surface area contributed by atoms with Gasteiger partial charge in [0.25, 0.3) is 0 Å². The third-order valence-electron chi connectivity index (χ3n) is 3.43. The molecule has 0 aliphatic carbocycles. The predicted octanol–water partition coefficient (Wildman–Crippen LogP) is 2.65. The Morgan fingerprint density at radius 1 is 1.40 bits per heavy atom. The number of carbonyl (C=O) groups is 2. The summed E-state index contributed by atoms with van der Waals surface area (Å²) in [6.45, 7) is 1.69. The molecular formula is C16H15N3O5S. The Bertz CT molecular complexity index is 882. The Balaban J connectivity index is 1.48. The number of amides is 1. The van der Waals surface area contributed by atoms with Gasteiger partial charge in [0.05, 0.1) is 11.4 Å². The molecule has 0 unspecified atom stereocenters. The van der Waals surface area contributed by atoms with Gasteiger partial charge in [0.1, 0.15) is 17.1 Å². The van der Waals surface area contributed by atoms with Gasteiger partial charge in [-0.1, -0.05) is 11.2 Å². The summed E-state index contributed by atoms with van der Waals surface area (Å²) in [6.07, 6.45) is 0.499. The molecule has 0 saturated carbocycles. The molecule has 3 rings (SSSR count). The highest BCUT2D eigenvalue weighted by Crippen LogP contribution is 2.21. The van der Waals surface area contributed by atoms with Crippen LogP contribution in [0.3, 0.4) is 0 Å². The van der Waals surface area contributed by atoms with Crippen LogP contribution >= 0.6 is 11.3 Å². The summed E-state index contributed by atoms with van der Waals surface area (Å²) >= 11 is 1.51. The smallest absolute Gasteiger partial charge is 0.339 e. The van der Waals surface area contributed by atoms with Gasteiger partial charge < -0.3 is 19.4 Å². The topological polar surface area (TPSA) is 118 Å². The molecule has 9 heteroatoms. The fourth-order valence-corrected chi connectivity index (χ4v) is 2.85. The summed E-state index contributed by atoms with van der Waals surface area (Å²) in [6, 6.07) is 5.20. The van der Waals surface area contributed by atoms with Crippen LogP contribution in [0.5, 0.6) is 0 Å². The Kier molecular flexibility index (Phi) is 4.94. The average molecular weight is 361 g/mol. The monoisotopic (exact) mass is 361 g/mol. The summed E-state index contributed by atoms with van der Waals surface area (Å²) in [7, 11) is 0. The molecule has 1 amide bonds. The van der Waals surface area contributed by atoms with Crippen LogP contribution in [0.2, 0.25) is 0 Å². The molecule has 0 aliphatic heterocycles. The molecule has 0 aliphatic rings. The number of furan rings is 1. The van der Waals surface area contributed by atoms with Crippen molar-refractivity contribution >= 4 is 23.2 Å². The molecule has 3 heterocycles. The van der Waals surface area contributed by atoms with Gasteiger partial charge in [-0.15, -0.1) is 11.3 Å². The van der Waals surface area contributed by atoms with E-state index in [1.165, 1.54) is 17.4 Å². The van der Waals surface area contributed by atoms with E-state index in [0.717, 1.165) is 4.88 Å². The summed E-state index contributed by atoms with van der Waals surface area (Å²) in [5, 5.41) is 17.4. The summed E-state index contributed by atoms with van der Waals surface area (Å²) in [4.78, 5) is 28.0. The molecule has 0 atom stereocenters. The molecular weight excluding hydrogens is 346 g/mol. The lowest BCUT2D eigenvalue weighted by Gasteiger charge is -2.01. The van der Waals surface area contributed by atoms with E-state index in [9.17, 15) is 9.59 Å². The largest absolute Gasteiger partial charge is 0.478 e. The van der Waals surface area contributed by atoms with E-state index in [4.69, 9.17) is 14.0 Å². The van der Waals surface area contributed by atoms with E-state index in [1.807, 2.05) is 17.5 Å². The van der Waals surface area contributed by atoms with Crippen LogP contribution in [0.4, 0.5) is 0 Å². The highest BCUT2D eigenvalue weighted by atomic mass is 32.1. The van der Waals surface area contributed by atoms with Crippen molar-refractivity contribution in [2.75, 3.05) is 0 Å². The third-order valence-corrected chi connectivity index (χ3v) is 4.30. The number of hydrogen-bond donors (Lipinski definition) is 2. The number of carboxylic acids is 1. The second kappa shape index (κ2) is 7.31. The SMILES string of the molecule is Cc1oc(CNC(=O)CCc2nc(-c3cccs3)no2)cc1C(=O)O.